The monoisotopic (exact) mass is 295 g/mol. The highest BCUT2D eigenvalue weighted by molar-refractivity contribution is 7.18. The molecule has 2 aromatic heterocycles. The number of rotatable bonds is 7. The summed E-state index contributed by atoms with van der Waals surface area (Å²) in [6.45, 7) is 8.92. The zero-order chi connectivity index (χ0) is 14.5. The van der Waals surface area contributed by atoms with Crippen LogP contribution in [0.15, 0.2) is 4.79 Å². The minimum Gasteiger partial charge on any atom is -0.382 e. The summed E-state index contributed by atoms with van der Waals surface area (Å²) in [5.74, 6) is 0.695. The van der Waals surface area contributed by atoms with E-state index in [0.29, 0.717) is 12.4 Å². The first-order valence-corrected chi connectivity index (χ1v) is 7.72. The first-order valence-electron chi connectivity index (χ1n) is 6.90. The van der Waals surface area contributed by atoms with Gasteiger partial charge in [0.15, 0.2) is 0 Å². The van der Waals surface area contributed by atoms with Crippen molar-refractivity contribution in [2.24, 2.45) is 0 Å². The maximum absolute atomic E-state index is 12.1. The SMILES string of the molecule is CCOCCCNCc1nc2sc(C)c(C)c2c(=O)[nH]1. The molecule has 5 nitrogen and oxygen atoms in total. The van der Waals surface area contributed by atoms with Crippen LogP contribution in [0.1, 0.15) is 29.6 Å². The lowest BCUT2D eigenvalue weighted by atomic mass is 10.2. The fourth-order valence-electron chi connectivity index (χ4n) is 2.03. The van der Waals surface area contributed by atoms with Crippen molar-refractivity contribution in [1.29, 1.82) is 0 Å². The molecule has 0 aliphatic rings. The lowest BCUT2D eigenvalue weighted by molar-refractivity contribution is 0.144. The quantitative estimate of drug-likeness (QED) is 0.768. The van der Waals surface area contributed by atoms with Crippen molar-refractivity contribution in [2.75, 3.05) is 19.8 Å². The van der Waals surface area contributed by atoms with Crippen LogP contribution in [0.25, 0.3) is 10.2 Å². The fraction of sp³-hybridized carbons (Fsp3) is 0.571. The molecular formula is C14H21N3O2S. The van der Waals surface area contributed by atoms with Crippen LogP contribution in [-0.4, -0.2) is 29.7 Å². The van der Waals surface area contributed by atoms with Gasteiger partial charge in [0.25, 0.3) is 5.56 Å². The number of hydrogen-bond donors (Lipinski definition) is 2. The molecule has 6 heteroatoms. The third-order valence-corrected chi connectivity index (χ3v) is 4.33. The Labute approximate surface area is 122 Å². The largest absolute Gasteiger partial charge is 0.382 e. The summed E-state index contributed by atoms with van der Waals surface area (Å²) in [5, 5.41) is 4.00. The first-order chi connectivity index (χ1) is 9.63. The van der Waals surface area contributed by atoms with Crippen LogP contribution < -0.4 is 10.9 Å². The second kappa shape index (κ2) is 6.97. The molecule has 0 aliphatic heterocycles. The fourth-order valence-corrected chi connectivity index (χ4v) is 3.08. The summed E-state index contributed by atoms with van der Waals surface area (Å²) in [5.41, 5.74) is 0.998. The molecular weight excluding hydrogens is 274 g/mol. The molecule has 0 atom stereocenters. The van der Waals surface area contributed by atoms with Gasteiger partial charge in [-0.2, -0.15) is 0 Å². The number of nitrogens with zero attached hydrogens (tertiary/aromatic N) is 1. The maximum Gasteiger partial charge on any atom is 0.259 e. The Hall–Kier alpha value is -1.24. The van der Waals surface area contributed by atoms with Gasteiger partial charge in [-0.25, -0.2) is 4.98 Å². The highest BCUT2D eigenvalue weighted by Gasteiger charge is 2.11. The first kappa shape index (κ1) is 15.2. The molecule has 0 aliphatic carbocycles. The summed E-state index contributed by atoms with van der Waals surface area (Å²) < 4.78 is 5.27. The topological polar surface area (TPSA) is 67.0 Å². The normalized spacial score (nSPS) is 11.3. The van der Waals surface area contributed by atoms with E-state index < -0.39 is 0 Å². The Balaban J connectivity index is 2.00. The molecule has 2 N–H and O–H groups in total. The molecule has 0 spiro atoms. The molecule has 0 amide bonds. The van der Waals surface area contributed by atoms with Gasteiger partial charge in [0.2, 0.25) is 0 Å². The van der Waals surface area contributed by atoms with Gasteiger partial charge in [-0.15, -0.1) is 11.3 Å². The summed E-state index contributed by atoms with van der Waals surface area (Å²) in [6.07, 6.45) is 0.956. The van der Waals surface area contributed by atoms with E-state index in [0.717, 1.165) is 46.8 Å². The summed E-state index contributed by atoms with van der Waals surface area (Å²) >= 11 is 1.58. The van der Waals surface area contributed by atoms with Crippen molar-refractivity contribution in [3.05, 3.63) is 26.6 Å². The molecule has 0 radical (unpaired) electrons. The van der Waals surface area contributed by atoms with Crippen molar-refractivity contribution in [2.45, 2.75) is 33.7 Å². The minimum absolute atomic E-state index is 0.0389. The molecule has 2 rings (SSSR count). The third-order valence-electron chi connectivity index (χ3n) is 3.23. The molecule has 0 saturated heterocycles. The van der Waals surface area contributed by atoms with Gasteiger partial charge < -0.3 is 15.0 Å². The average Bonchev–Trinajstić information content (AvgIpc) is 2.69. The van der Waals surface area contributed by atoms with Crippen molar-refractivity contribution in [3.8, 4) is 0 Å². The predicted molar refractivity (Wildman–Crippen MR) is 82.5 cm³/mol. The maximum atomic E-state index is 12.1. The summed E-state index contributed by atoms with van der Waals surface area (Å²) in [7, 11) is 0. The Morgan fingerprint density at radius 2 is 2.20 bits per heavy atom. The molecule has 2 aromatic rings. The van der Waals surface area contributed by atoms with Crippen LogP contribution in [0.3, 0.4) is 0 Å². The highest BCUT2D eigenvalue weighted by atomic mass is 32.1. The van der Waals surface area contributed by atoms with Crippen molar-refractivity contribution in [3.63, 3.8) is 0 Å². The number of H-pyrrole nitrogens is 1. The standard InChI is InChI=1S/C14H21N3O2S/c1-4-19-7-5-6-15-8-11-16-13(18)12-9(2)10(3)20-14(12)17-11/h15H,4-8H2,1-3H3,(H,16,17,18). The van der Waals surface area contributed by atoms with Crippen molar-refractivity contribution in [1.82, 2.24) is 15.3 Å². The van der Waals surface area contributed by atoms with E-state index in [2.05, 4.69) is 15.3 Å². The number of nitrogens with one attached hydrogen (secondary N) is 2. The number of aromatic nitrogens is 2. The molecule has 0 fully saturated rings. The third kappa shape index (κ3) is 3.45. The lowest BCUT2D eigenvalue weighted by Crippen LogP contribution is -2.21. The van der Waals surface area contributed by atoms with E-state index >= 15 is 0 Å². The van der Waals surface area contributed by atoms with Gasteiger partial charge >= 0.3 is 0 Å². The summed E-state index contributed by atoms with van der Waals surface area (Å²) in [6, 6.07) is 0. The van der Waals surface area contributed by atoms with Crippen LogP contribution in [-0.2, 0) is 11.3 Å². The van der Waals surface area contributed by atoms with Gasteiger partial charge in [0.1, 0.15) is 10.7 Å². The number of thiophene rings is 1. The summed E-state index contributed by atoms with van der Waals surface area (Å²) in [4.78, 5) is 21.4. The van der Waals surface area contributed by atoms with Crippen LogP contribution in [0.4, 0.5) is 0 Å². The highest BCUT2D eigenvalue weighted by Crippen LogP contribution is 2.25. The second-order valence-corrected chi connectivity index (χ2v) is 5.91. The zero-order valence-corrected chi connectivity index (χ0v) is 13.0. The van der Waals surface area contributed by atoms with Crippen LogP contribution in [0.2, 0.25) is 0 Å². The Morgan fingerprint density at radius 1 is 1.40 bits per heavy atom. The van der Waals surface area contributed by atoms with Gasteiger partial charge in [-0.3, -0.25) is 4.79 Å². The van der Waals surface area contributed by atoms with Crippen molar-refractivity contribution >= 4 is 21.6 Å². The van der Waals surface area contributed by atoms with E-state index in [4.69, 9.17) is 4.74 Å². The number of aromatic amines is 1. The van der Waals surface area contributed by atoms with E-state index in [1.165, 1.54) is 0 Å². The van der Waals surface area contributed by atoms with E-state index in [1.807, 2.05) is 20.8 Å². The van der Waals surface area contributed by atoms with E-state index in [-0.39, 0.29) is 5.56 Å². The van der Waals surface area contributed by atoms with Gasteiger partial charge in [-0.1, -0.05) is 0 Å². The van der Waals surface area contributed by atoms with Crippen LogP contribution in [0.5, 0.6) is 0 Å². The number of ether oxygens (including phenoxy) is 1. The molecule has 0 unspecified atom stereocenters. The van der Waals surface area contributed by atoms with Gasteiger partial charge in [0.05, 0.1) is 11.9 Å². The molecule has 0 aromatic carbocycles. The van der Waals surface area contributed by atoms with Crippen LogP contribution >= 0.6 is 11.3 Å². The Kier molecular flexibility index (Phi) is 5.28. The minimum atomic E-state index is -0.0389. The number of fused-ring (bicyclic) bond motifs is 1. The van der Waals surface area contributed by atoms with E-state index in [9.17, 15) is 4.79 Å². The molecule has 0 saturated carbocycles. The lowest BCUT2D eigenvalue weighted by Gasteiger charge is -2.04. The van der Waals surface area contributed by atoms with Gasteiger partial charge in [-0.05, 0) is 39.3 Å². The van der Waals surface area contributed by atoms with Gasteiger partial charge in [0, 0.05) is 18.1 Å². The predicted octanol–water partition coefficient (Wildman–Crippen LogP) is 2.12. The Morgan fingerprint density at radius 3 is 2.95 bits per heavy atom. The Bertz CT molecular complexity index is 633. The average molecular weight is 295 g/mol. The molecule has 2 heterocycles. The molecule has 0 bridgehead atoms. The molecule has 110 valence electrons. The van der Waals surface area contributed by atoms with E-state index in [1.54, 1.807) is 11.3 Å². The molecule has 20 heavy (non-hydrogen) atoms. The van der Waals surface area contributed by atoms with Crippen LogP contribution in [0, 0.1) is 13.8 Å². The van der Waals surface area contributed by atoms with Crippen molar-refractivity contribution < 1.29 is 4.74 Å². The zero-order valence-electron chi connectivity index (χ0n) is 12.2. The number of aryl methyl sites for hydroxylation is 2. The second-order valence-electron chi connectivity index (χ2n) is 4.70. The smallest absolute Gasteiger partial charge is 0.259 e. The number of hydrogen-bond acceptors (Lipinski definition) is 5.